The van der Waals surface area contributed by atoms with Gasteiger partial charge in [0.2, 0.25) is 0 Å². The number of hydrogen-bond donors (Lipinski definition) is 4. The fraction of sp³-hybridized carbons (Fsp3) is 0.255. The zero-order chi connectivity index (χ0) is 55.9. The summed E-state index contributed by atoms with van der Waals surface area (Å²) >= 11 is 15.3. The first kappa shape index (κ1) is 71.5. The number of piperidine rings is 2. The summed E-state index contributed by atoms with van der Waals surface area (Å²) in [6.07, 6.45) is 14.8. The van der Waals surface area contributed by atoms with Gasteiger partial charge in [-0.15, -0.1) is 0 Å². The van der Waals surface area contributed by atoms with Crippen molar-refractivity contribution in [2.24, 2.45) is 0 Å². The minimum atomic E-state index is -3.67. The molecule has 80 heavy (non-hydrogen) atoms. The van der Waals surface area contributed by atoms with Gasteiger partial charge in [-0.3, -0.25) is 44.5 Å². The second-order valence-corrected chi connectivity index (χ2v) is 18.8. The van der Waals surface area contributed by atoms with Gasteiger partial charge in [0.1, 0.15) is 23.3 Å². The molecular formula is C55H58BBrCl2F5KN10O4Pd. The van der Waals surface area contributed by atoms with Crippen molar-refractivity contribution in [2.75, 3.05) is 36.8 Å². The van der Waals surface area contributed by atoms with Gasteiger partial charge in [0.15, 0.2) is 11.6 Å². The Balaban J connectivity index is 0.000000405. The van der Waals surface area contributed by atoms with Crippen LogP contribution in [0.15, 0.2) is 126 Å². The van der Waals surface area contributed by atoms with Crippen molar-refractivity contribution in [3.05, 3.63) is 161 Å². The Bertz CT molecular complexity index is 3170. The molecule has 2 aliphatic rings. The van der Waals surface area contributed by atoms with Gasteiger partial charge in [0.05, 0.1) is 21.1 Å². The summed E-state index contributed by atoms with van der Waals surface area (Å²) in [6.45, 7) is 7.78. The maximum atomic E-state index is 13.6. The molecule has 2 aliphatic heterocycles. The van der Waals surface area contributed by atoms with Crippen LogP contribution in [0.2, 0.25) is 10.0 Å². The van der Waals surface area contributed by atoms with E-state index in [1.54, 1.807) is 43.0 Å². The summed E-state index contributed by atoms with van der Waals surface area (Å²) in [6, 6.07) is 28.6. The summed E-state index contributed by atoms with van der Waals surface area (Å²) < 4.78 is 57.0. The predicted molar refractivity (Wildman–Crippen MR) is 305 cm³/mol. The number of aromatic nitrogens is 6. The van der Waals surface area contributed by atoms with E-state index in [1.165, 1.54) is 75.4 Å². The van der Waals surface area contributed by atoms with Crippen molar-refractivity contribution in [1.29, 1.82) is 0 Å². The van der Waals surface area contributed by atoms with E-state index in [1.807, 2.05) is 42.5 Å². The SMILES string of the molecule is C.CC(=O)O.CC(=O)O.FB(F)F.Fc1ccc(Nc2nc(-c3cccnc3)nc3cc(Br)ccc23)cc1Cl.Fc1ccc(Nc2nc(-c3cccnc3)nc3cc(CN4CCCCC4)ccc23)cc1Cl.[CH2-]N1CCCCC1.[K+].[Pd]. The van der Waals surface area contributed by atoms with E-state index in [2.05, 4.69) is 81.5 Å². The summed E-state index contributed by atoms with van der Waals surface area (Å²) in [5.74, 6) is -0.228. The van der Waals surface area contributed by atoms with Crippen molar-refractivity contribution in [3.63, 3.8) is 0 Å². The third kappa shape index (κ3) is 25.3. The maximum Gasteiger partial charge on any atom is 1.00 e. The van der Waals surface area contributed by atoms with E-state index in [0.29, 0.717) is 34.7 Å². The topological polar surface area (TPSA) is 182 Å². The van der Waals surface area contributed by atoms with Gasteiger partial charge >= 0.3 is 58.9 Å². The van der Waals surface area contributed by atoms with Crippen LogP contribution in [0.5, 0.6) is 0 Å². The van der Waals surface area contributed by atoms with Gasteiger partial charge < -0.3 is 25.7 Å². The van der Waals surface area contributed by atoms with Gasteiger partial charge in [-0.2, -0.15) is 0 Å². The molecule has 422 valence electrons. The van der Waals surface area contributed by atoms with Crippen molar-refractivity contribution >= 4 is 103 Å². The number of fused-ring (bicyclic) bond motifs is 2. The molecule has 25 heteroatoms. The number of pyridine rings is 2. The number of rotatable bonds is 8. The molecule has 2 saturated heterocycles. The van der Waals surface area contributed by atoms with Crippen molar-refractivity contribution < 1.29 is 113 Å². The van der Waals surface area contributed by atoms with Gasteiger partial charge in [-0.05, 0) is 148 Å². The van der Waals surface area contributed by atoms with Crippen LogP contribution < -0.4 is 62.0 Å². The van der Waals surface area contributed by atoms with E-state index in [-0.39, 0.29) is 89.3 Å². The number of nitrogens with one attached hydrogen (secondary N) is 2. The summed E-state index contributed by atoms with van der Waals surface area (Å²) in [5, 5.41) is 23.2. The molecule has 0 bridgehead atoms. The molecule has 6 heterocycles. The first-order chi connectivity index (χ1) is 36.8. The molecule has 8 aromatic rings. The number of halogens is 8. The fourth-order valence-corrected chi connectivity index (χ4v) is 8.28. The third-order valence-corrected chi connectivity index (χ3v) is 12.0. The van der Waals surface area contributed by atoms with Crippen molar-refractivity contribution in [2.45, 2.75) is 66.3 Å². The first-order valence-corrected chi connectivity index (χ1v) is 25.5. The molecule has 0 amide bonds. The first-order valence-electron chi connectivity index (χ1n) is 24.0. The summed E-state index contributed by atoms with van der Waals surface area (Å²) in [4.78, 5) is 49.8. The Morgan fingerprint density at radius 2 is 1.06 bits per heavy atom. The molecule has 2 fully saturated rings. The maximum absolute atomic E-state index is 13.6. The Hall–Kier alpha value is -4.61. The number of nitrogens with zero attached hydrogens (tertiary/aromatic N) is 8. The van der Waals surface area contributed by atoms with Gasteiger partial charge in [0.25, 0.3) is 11.9 Å². The standard InChI is InChI=1S/C25H23ClFN5.C19H11BrClFN4.C6H12N.2C2H4O2.CH4.BF3.K.Pd/c26-21-14-19(7-9-22(21)27)29-25-20-8-6-17(16-32-11-2-1-3-12-32)13-23(20)30-24(31-25)18-5-4-10-28-15-18;20-12-3-5-14-17(8-12)25-18(11-2-1-7-23-10-11)26-19(14)24-13-4-6-16(22)15(21)9-13;1-7-5-3-2-4-6-7;2*1-2(3)4;;2-1(3)4;;/h4-10,13-15H,1-3,11-12,16H2,(H,29,30,31);1-10H,(H,24,25,26);1-6H2;2*1H3,(H,3,4);1H4;;;/q;;-1;;;;;+1;. The summed E-state index contributed by atoms with van der Waals surface area (Å²) in [7, 11) is 0.164. The molecule has 14 nitrogen and oxygen atoms in total. The Morgan fingerprint density at radius 3 is 1.45 bits per heavy atom. The van der Waals surface area contributed by atoms with Crippen LogP contribution in [0.4, 0.5) is 44.7 Å². The van der Waals surface area contributed by atoms with Crippen LogP contribution in [0.3, 0.4) is 0 Å². The number of aliphatic carboxylic acids is 2. The van der Waals surface area contributed by atoms with Crippen LogP contribution in [0.1, 0.15) is 65.4 Å². The zero-order valence-corrected chi connectivity index (χ0v) is 51.0. The molecule has 4 aromatic heterocycles. The number of carboxylic acids is 2. The van der Waals surface area contributed by atoms with Gasteiger partial charge in [0, 0.05) is 103 Å². The number of benzene rings is 4. The minimum absolute atomic E-state index is 0. The van der Waals surface area contributed by atoms with E-state index in [0.717, 1.165) is 70.9 Å². The molecule has 4 aromatic carbocycles. The smallest absolute Gasteiger partial charge is 0.481 e. The van der Waals surface area contributed by atoms with Crippen molar-refractivity contribution in [1.82, 2.24) is 39.7 Å². The fourth-order valence-electron chi connectivity index (χ4n) is 7.57. The van der Waals surface area contributed by atoms with Crippen LogP contribution in [-0.2, 0) is 36.6 Å². The molecule has 0 unspecified atom stereocenters. The van der Waals surface area contributed by atoms with Gasteiger partial charge in [-0.1, -0.05) is 65.5 Å². The van der Waals surface area contributed by atoms with Crippen LogP contribution >= 0.6 is 39.1 Å². The van der Waals surface area contributed by atoms with Crippen molar-refractivity contribution in [3.8, 4) is 22.8 Å². The molecule has 10 rings (SSSR count). The number of hydrogen-bond acceptors (Lipinski definition) is 12. The van der Waals surface area contributed by atoms with Crippen LogP contribution in [0, 0.1) is 18.7 Å². The Kier molecular flexibility index (Phi) is 33.5. The number of anilines is 4. The largest absolute Gasteiger partial charge is 1.00 e. The number of carboxylic acid groups (broad SMARTS) is 2. The second-order valence-electron chi connectivity index (χ2n) is 17.1. The Labute approximate surface area is 537 Å². The van der Waals surface area contributed by atoms with Crippen LogP contribution in [-0.4, -0.2) is 95.6 Å². The molecular weight excluding hydrogens is 1270 g/mol. The average molecular weight is 1330 g/mol. The summed E-state index contributed by atoms with van der Waals surface area (Å²) in [5.41, 5.74) is 5.77. The number of likely N-dealkylation sites (tertiary alicyclic amines) is 2. The molecule has 0 aliphatic carbocycles. The monoisotopic (exact) mass is 1320 g/mol. The third-order valence-electron chi connectivity index (χ3n) is 10.9. The number of carbonyl (C=O) groups is 2. The normalized spacial score (nSPS) is 12.5. The molecule has 4 N–H and O–H groups in total. The van der Waals surface area contributed by atoms with E-state index < -0.39 is 31.1 Å². The molecule has 0 atom stereocenters. The molecule has 0 radical (unpaired) electrons. The van der Waals surface area contributed by atoms with E-state index in [4.69, 9.17) is 53.0 Å². The molecule has 0 saturated carbocycles. The Morgan fingerprint density at radius 1 is 0.650 bits per heavy atom. The molecule has 0 spiro atoms. The minimum Gasteiger partial charge on any atom is -0.481 e. The van der Waals surface area contributed by atoms with Crippen LogP contribution in [0.25, 0.3) is 44.6 Å². The zero-order valence-electron chi connectivity index (χ0n) is 43.2. The predicted octanol–water partition coefficient (Wildman–Crippen LogP) is 12.2. The quantitative estimate of drug-likeness (QED) is 0.0640. The van der Waals surface area contributed by atoms with E-state index >= 15 is 0 Å². The van der Waals surface area contributed by atoms with E-state index in [9.17, 15) is 21.7 Å². The average Bonchev–Trinajstić information content (AvgIpc) is 3.39. The second kappa shape index (κ2) is 37.5. The van der Waals surface area contributed by atoms with Gasteiger partial charge in [-0.25, -0.2) is 28.7 Å².